The maximum absolute atomic E-state index is 12.3. The number of Topliss-reactive ketones (excluding diaryl/α,β-unsaturated/α-hetero) is 1. The molecular weight excluding hydrogens is 362 g/mol. The van der Waals surface area contributed by atoms with Crippen LogP contribution in [0.1, 0.15) is 28.4 Å². The van der Waals surface area contributed by atoms with E-state index in [0.29, 0.717) is 16.4 Å². The first kappa shape index (κ1) is 18.8. The molecule has 0 saturated carbocycles. The molecule has 8 heteroatoms. The minimum Gasteiger partial charge on any atom is -0.325 e. The molecule has 0 radical (unpaired) electrons. The Labute approximate surface area is 161 Å². The lowest BCUT2D eigenvalue weighted by atomic mass is 10.1. The summed E-state index contributed by atoms with van der Waals surface area (Å²) in [5.41, 5.74) is 4.22. The summed E-state index contributed by atoms with van der Waals surface area (Å²) in [5, 5.41) is 15.1. The lowest BCUT2D eigenvalue weighted by Gasteiger charge is -2.08. The van der Waals surface area contributed by atoms with Gasteiger partial charge in [-0.05, 0) is 66.6 Å². The first-order chi connectivity index (χ1) is 12.9. The summed E-state index contributed by atoms with van der Waals surface area (Å²) in [6, 6.07) is 12.9. The Morgan fingerprint density at radius 1 is 1.11 bits per heavy atom. The highest BCUT2D eigenvalue weighted by molar-refractivity contribution is 7.99. The quantitative estimate of drug-likeness (QED) is 0.521. The fourth-order valence-corrected chi connectivity index (χ4v) is 3.34. The summed E-state index contributed by atoms with van der Waals surface area (Å²) < 4.78 is 1.62. The number of rotatable bonds is 6. The number of aromatic nitrogens is 4. The summed E-state index contributed by atoms with van der Waals surface area (Å²) in [4.78, 5) is 23.7. The van der Waals surface area contributed by atoms with Gasteiger partial charge in [0.15, 0.2) is 5.78 Å². The fourth-order valence-electron chi connectivity index (χ4n) is 2.65. The smallest absolute Gasteiger partial charge is 0.234 e. The third kappa shape index (κ3) is 4.79. The van der Waals surface area contributed by atoms with Gasteiger partial charge in [0.05, 0.1) is 11.4 Å². The molecule has 1 N–H and O–H groups in total. The lowest BCUT2D eigenvalue weighted by molar-refractivity contribution is -0.113. The van der Waals surface area contributed by atoms with Crippen LogP contribution in [0.15, 0.2) is 47.6 Å². The number of amides is 1. The van der Waals surface area contributed by atoms with Crippen molar-refractivity contribution in [2.45, 2.75) is 25.9 Å². The monoisotopic (exact) mass is 381 g/mol. The van der Waals surface area contributed by atoms with Crippen molar-refractivity contribution in [3.05, 3.63) is 59.2 Å². The van der Waals surface area contributed by atoms with Crippen LogP contribution in [0.4, 0.5) is 5.69 Å². The van der Waals surface area contributed by atoms with E-state index in [-0.39, 0.29) is 17.4 Å². The Morgan fingerprint density at radius 3 is 2.56 bits per heavy atom. The third-order valence-electron chi connectivity index (χ3n) is 3.78. The van der Waals surface area contributed by atoms with E-state index in [1.807, 2.05) is 26.0 Å². The Bertz CT molecular complexity index is 979. The van der Waals surface area contributed by atoms with Crippen LogP contribution in [-0.2, 0) is 4.79 Å². The second kappa shape index (κ2) is 8.13. The van der Waals surface area contributed by atoms with E-state index in [1.54, 1.807) is 28.9 Å². The summed E-state index contributed by atoms with van der Waals surface area (Å²) in [6.45, 7) is 5.51. The average Bonchev–Trinajstić information content (AvgIpc) is 3.08. The fraction of sp³-hybridized carbons (Fsp3) is 0.211. The van der Waals surface area contributed by atoms with Gasteiger partial charge >= 0.3 is 0 Å². The van der Waals surface area contributed by atoms with Gasteiger partial charge in [-0.25, -0.2) is 0 Å². The van der Waals surface area contributed by atoms with Crippen molar-refractivity contribution in [1.29, 1.82) is 0 Å². The maximum Gasteiger partial charge on any atom is 0.234 e. The molecule has 3 rings (SSSR count). The predicted molar refractivity (Wildman–Crippen MR) is 104 cm³/mol. The van der Waals surface area contributed by atoms with Gasteiger partial charge in [0.1, 0.15) is 0 Å². The number of nitrogens with one attached hydrogen (secondary N) is 1. The number of carbonyl (C=O) groups excluding carboxylic acids is 2. The van der Waals surface area contributed by atoms with Crippen LogP contribution in [0.2, 0.25) is 0 Å². The summed E-state index contributed by atoms with van der Waals surface area (Å²) >= 11 is 1.25. The highest BCUT2D eigenvalue weighted by Gasteiger charge is 2.13. The highest BCUT2D eigenvalue weighted by Crippen LogP contribution is 2.20. The summed E-state index contributed by atoms with van der Waals surface area (Å²) in [6.07, 6.45) is 0. The molecule has 0 aliphatic heterocycles. The predicted octanol–water partition coefficient (Wildman–Crippen LogP) is 3.21. The molecule has 0 saturated heterocycles. The van der Waals surface area contributed by atoms with Crippen LogP contribution in [-0.4, -0.2) is 37.7 Å². The van der Waals surface area contributed by atoms with Crippen molar-refractivity contribution < 1.29 is 9.59 Å². The van der Waals surface area contributed by atoms with Crippen molar-refractivity contribution in [2.75, 3.05) is 11.1 Å². The molecule has 0 aliphatic rings. The van der Waals surface area contributed by atoms with E-state index in [4.69, 9.17) is 0 Å². The SMILES string of the molecule is CC(=O)c1cccc(NC(=O)CSc2nnnn2-c2cc(C)cc(C)c2)c1. The Morgan fingerprint density at radius 2 is 1.85 bits per heavy atom. The molecule has 2 aromatic carbocycles. The van der Waals surface area contributed by atoms with Crippen LogP contribution >= 0.6 is 11.8 Å². The number of ketones is 1. The topological polar surface area (TPSA) is 89.8 Å². The number of benzene rings is 2. The van der Waals surface area contributed by atoms with Crippen molar-refractivity contribution in [3.63, 3.8) is 0 Å². The minimum atomic E-state index is -0.198. The molecule has 0 unspecified atom stereocenters. The van der Waals surface area contributed by atoms with Gasteiger partial charge in [0.2, 0.25) is 11.1 Å². The number of aryl methyl sites for hydroxylation is 2. The van der Waals surface area contributed by atoms with Gasteiger partial charge in [-0.15, -0.1) is 5.10 Å². The molecule has 1 amide bonds. The second-order valence-corrected chi connectivity index (χ2v) is 7.14. The number of carbonyl (C=O) groups is 2. The molecular formula is C19H19N5O2S. The molecule has 138 valence electrons. The van der Waals surface area contributed by atoms with Crippen molar-refractivity contribution in [1.82, 2.24) is 20.2 Å². The molecule has 0 fully saturated rings. The van der Waals surface area contributed by atoms with E-state index >= 15 is 0 Å². The third-order valence-corrected chi connectivity index (χ3v) is 4.70. The Balaban J connectivity index is 1.67. The van der Waals surface area contributed by atoms with Gasteiger partial charge in [-0.2, -0.15) is 4.68 Å². The van der Waals surface area contributed by atoms with Gasteiger partial charge in [0.25, 0.3) is 0 Å². The van der Waals surface area contributed by atoms with Gasteiger partial charge in [-0.3, -0.25) is 9.59 Å². The zero-order valence-corrected chi connectivity index (χ0v) is 16.1. The summed E-state index contributed by atoms with van der Waals surface area (Å²) in [7, 11) is 0. The molecule has 0 atom stereocenters. The molecule has 1 aromatic heterocycles. The molecule has 3 aromatic rings. The minimum absolute atomic E-state index is 0.0481. The molecule has 7 nitrogen and oxygen atoms in total. The standard InChI is InChI=1S/C19H19N5O2S/c1-12-7-13(2)9-17(8-12)24-19(21-22-23-24)27-11-18(26)20-16-6-4-5-15(10-16)14(3)25/h4-10H,11H2,1-3H3,(H,20,26). The van der Waals surface area contributed by atoms with E-state index in [9.17, 15) is 9.59 Å². The number of tetrazole rings is 1. The van der Waals surface area contributed by atoms with Crippen LogP contribution in [0.3, 0.4) is 0 Å². The molecule has 27 heavy (non-hydrogen) atoms. The molecule has 0 bridgehead atoms. The number of thioether (sulfide) groups is 1. The number of anilines is 1. The van der Waals surface area contributed by atoms with E-state index in [0.717, 1.165) is 16.8 Å². The molecule has 0 aliphatic carbocycles. The average molecular weight is 381 g/mol. The van der Waals surface area contributed by atoms with Crippen molar-refractivity contribution in [3.8, 4) is 5.69 Å². The number of nitrogens with zero attached hydrogens (tertiary/aromatic N) is 4. The van der Waals surface area contributed by atoms with Gasteiger partial charge in [-0.1, -0.05) is 30.0 Å². The normalized spacial score (nSPS) is 10.6. The zero-order chi connectivity index (χ0) is 19.4. The van der Waals surface area contributed by atoms with E-state index in [2.05, 4.69) is 26.9 Å². The van der Waals surface area contributed by atoms with E-state index < -0.39 is 0 Å². The highest BCUT2D eigenvalue weighted by atomic mass is 32.2. The van der Waals surface area contributed by atoms with Crippen LogP contribution < -0.4 is 5.32 Å². The second-order valence-electron chi connectivity index (χ2n) is 6.19. The largest absolute Gasteiger partial charge is 0.325 e. The molecule has 1 heterocycles. The maximum atomic E-state index is 12.3. The first-order valence-electron chi connectivity index (χ1n) is 8.33. The lowest BCUT2D eigenvalue weighted by Crippen LogP contribution is -2.15. The van der Waals surface area contributed by atoms with Crippen LogP contribution in [0, 0.1) is 13.8 Å². The zero-order valence-electron chi connectivity index (χ0n) is 15.3. The molecule has 0 spiro atoms. The first-order valence-corrected chi connectivity index (χ1v) is 9.31. The summed E-state index contributed by atoms with van der Waals surface area (Å²) in [5.74, 6) is -0.0982. The van der Waals surface area contributed by atoms with Crippen LogP contribution in [0.5, 0.6) is 0 Å². The van der Waals surface area contributed by atoms with E-state index in [1.165, 1.54) is 18.7 Å². The van der Waals surface area contributed by atoms with Gasteiger partial charge in [0, 0.05) is 11.3 Å². The number of hydrogen-bond acceptors (Lipinski definition) is 6. The van der Waals surface area contributed by atoms with Crippen molar-refractivity contribution >= 4 is 29.1 Å². The number of hydrogen-bond donors (Lipinski definition) is 1. The Kier molecular flexibility index (Phi) is 5.66. The van der Waals surface area contributed by atoms with Crippen molar-refractivity contribution in [2.24, 2.45) is 0 Å². The van der Waals surface area contributed by atoms with Crippen LogP contribution in [0.25, 0.3) is 5.69 Å². The Hall–Kier alpha value is -3.00. The van der Waals surface area contributed by atoms with Gasteiger partial charge < -0.3 is 5.32 Å².